The van der Waals surface area contributed by atoms with Crippen LogP contribution in [-0.2, 0) is 28.0 Å². The van der Waals surface area contributed by atoms with E-state index in [0.29, 0.717) is 47.7 Å². The number of aliphatic hydroxyl groups is 1. The molecule has 0 bridgehead atoms. The molecule has 4 heterocycles. The van der Waals surface area contributed by atoms with Gasteiger partial charge in [0.15, 0.2) is 5.82 Å². The van der Waals surface area contributed by atoms with Crippen LogP contribution < -0.4 is 16.4 Å². The zero-order chi connectivity index (χ0) is 26.0. The van der Waals surface area contributed by atoms with Crippen LogP contribution >= 0.6 is 0 Å². The summed E-state index contributed by atoms with van der Waals surface area (Å²) in [6.07, 6.45) is 6.73. The number of hydrogen-bond acceptors (Lipinski definition) is 8. The molecule has 5 N–H and O–H groups in total. The van der Waals surface area contributed by atoms with E-state index in [1.165, 1.54) is 0 Å². The lowest BCUT2D eigenvalue weighted by molar-refractivity contribution is -0.127. The first-order valence-electron chi connectivity index (χ1n) is 12.9. The minimum absolute atomic E-state index is 0.105. The summed E-state index contributed by atoms with van der Waals surface area (Å²) in [7, 11) is 0. The first-order chi connectivity index (χ1) is 17.9. The van der Waals surface area contributed by atoms with Crippen molar-refractivity contribution in [3.8, 4) is 0 Å². The van der Waals surface area contributed by atoms with E-state index in [4.69, 9.17) is 10.7 Å². The number of nitrogens with one attached hydrogen (secondary N) is 2. The normalized spacial score (nSPS) is 17.5. The number of aliphatic imine (C=N–C) groups is 1. The molecule has 10 nitrogen and oxygen atoms in total. The second-order valence-electron chi connectivity index (χ2n) is 9.87. The lowest BCUT2D eigenvalue weighted by atomic mass is 9.99. The zero-order valence-electron chi connectivity index (χ0n) is 21.1. The molecule has 2 aromatic heterocycles. The number of aromatic nitrogens is 2. The number of aliphatic hydroxyl groups excluding tert-OH is 1. The fraction of sp³-hybridized carbons (Fsp3) is 0.444. The Hall–Kier alpha value is -3.63. The van der Waals surface area contributed by atoms with Crippen molar-refractivity contribution in [2.24, 2.45) is 10.7 Å². The fourth-order valence-electron chi connectivity index (χ4n) is 4.97. The molecule has 0 unspecified atom stereocenters. The second kappa shape index (κ2) is 10.4. The van der Waals surface area contributed by atoms with Gasteiger partial charge in [-0.25, -0.2) is 9.98 Å². The van der Waals surface area contributed by atoms with Crippen molar-refractivity contribution >= 4 is 35.2 Å². The third-order valence-electron chi connectivity index (χ3n) is 7.13. The highest BCUT2D eigenvalue weighted by Gasteiger charge is 2.53. The Labute approximate surface area is 216 Å². The summed E-state index contributed by atoms with van der Waals surface area (Å²) in [5.74, 6) is 0.411. The summed E-state index contributed by atoms with van der Waals surface area (Å²) >= 11 is 0. The Kier molecular flexibility index (Phi) is 7.03. The van der Waals surface area contributed by atoms with Crippen LogP contribution in [0.4, 0.5) is 11.5 Å². The summed E-state index contributed by atoms with van der Waals surface area (Å²) in [6.45, 7) is 4.35. The van der Waals surface area contributed by atoms with Gasteiger partial charge < -0.3 is 26.4 Å². The first kappa shape index (κ1) is 25.0. The molecule has 5 rings (SSSR count). The summed E-state index contributed by atoms with van der Waals surface area (Å²) in [5, 5.41) is 15.7. The Balaban J connectivity index is 1.38. The number of carbonyl (C=O) groups excluding carboxylic acids is 2. The lowest BCUT2D eigenvalue weighted by Gasteiger charge is -2.22. The number of fused-ring (bicyclic) bond motifs is 2. The molecule has 0 atom stereocenters. The summed E-state index contributed by atoms with van der Waals surface area (Å²) < 4.78 is 0. The number of carbonyl (C=O) groups is 2. The molecule has 1 saturated carbocycles. The quantitative estimate of drug-likeness (QED) is 0.430. The Bertz CT molecular complexity index is 1280. The summed E-state index contributed by atoms with van der Waals surface area (Å²) in [4.78, 5) is 41.9. The maximum Gasteiger partial charge on any atom is 0.250 e. The molecule has 2 aromatic rings. The van der Waals surface area contributed by atoms with E-state index in [2.05, 4.69) is 20.6 Å². The van der Waals surface area contributed by atoms with E-state index in [0.717, 1.165) is 37.2 Å². The topological polar surface area (TPSA) is 146 Å². The van der Waals surface area contributed by atoms with Crippen LogP contribution in [0.1, 0.15) is 55.1 Å². The minimum atomic E-state index is -0.721. The average Bonchev–Trinajstić information content (AvgIpc) is 3.72. The third kappa shape index (κ3) is 5.12. The van der Waals surface area contributed by atoms with E-state index >= 15 is 0 Å². The Morgan fingerprint density at radius 1 is 1.27 bits per heavy atom. The maximum absolute atomic E-state index is 13.4. The average molecular weight is 504 g/mol. The fourth-order valence-corrected chi connectivity index (χ4v) is 4.97. The highest BCUT2D eigenvalue weighted by Crippen LogP contribution is 2.49. The van der Waals surface area contributed by atoms with Crippen LogP contribution in [0, 0.1) is 0 Å². The van der Waals surface area contributed by atoms with Crippen LogP contribution in [-0.4, -0.2) is 63.9 Å². The van der Waals surface area contributed by atoms with Gasteiger partial charge in [-0.1, -0.05) is 6.92 Å². The summed E-state index contributed by atoms with van der Waals surface area (Å²) in [6, 6.07) is 5.68. The van der Waals surface area contributed by atoms with Gasteiger partial charge in [0.25, 0.3) is 0 Å². The van der Waals surface area contributed by atoms with Gasteiger partial charge >= 0.3 is 0 Å². The molecule has 194 valence electrons. The predicted octanol–water partition coefficient (Wildman–Crippen LogP) is 1.80. The highest BCUT2D eigenvalue weighted by atomic mass is 16.3. The largest absolute Gasteiger partial charge is 0.395 e. The van der Waals surface area contributed by atoms with Gasteiger partial charge in [-0.3, -0.25) is 14.6 Å². The van der Waals surface area contributed by atoms with Crippen LogP contribution in [0.2, 0.25) is 0 Å². The number of amides is 2. The molecule has 2 amide bonds. The van der Waals surface area contributed by atoms with Gasteiger partial charge in [-0.05, 0) is 49.1 Å². The molecule has 0 aromatic carbocycles. The Morgan fingerprint density at radius 3 is 2.86 bits per heavy atom. The van der Waals surface area contributed by atoms with Gasteiger partial charge in [-0.2, -0.15) is 0 Å². The molecule has 2 aliphatic heterocycles. The number of amidine groups is 1. The smallest absolute Gasteiger partial charge is 0.250 e. The van der Waals surface area contributed by atoms with E-state index < -0.39 is 5.41 Å². The number of nitrogens with zero attached hydrogens (tertiary/aromatic N) is 4. The molecule has 1 aliphatic carbocycles. The summed E-state index contributed by atoms with van der Waals surface area (Å²) in [5.41, 5.74) is 10.1. The van der Waals surface area contributed by atoms with Crippen LogP contribution in [0.3, 0.4) is 0 Å². The predicted molar refractivity (Wildman–Crippen MR) is 141 cm³/mol. The van der Waals surface area contributed by atoms with Crippen LogP contribution in [0.15, 0.2) is 35.0 Å². The molecule has 0 radical (unpaired) electrons. The second-order valence-corrected chi connectivity index (χ2v) is 9.87. The highest BCUT2D eigenvalue weighted by molar-refractivity contribution is 6.05. The van der Waals surface area contributed by atoms with Crippen LogP contribution in [0.25, 0.3) is 6.08 Å². The molecule has 3 aliphatic rings. The van der Waals surface area contributed by atoms with Crippen molar-refractivity contribution < 1.29 is 14.7 Å². The van der Waals surface area contributed by atoms with Gasteiger partial charge in [0.1, 0.15) is 5.84 Å². The van der Waals surface area contributed by atoms with Gasteiger partial charge in [0, 0.05) is 55.9 Å². The molecule has 0 spiro atoms. The number of anilines is 1. The molecular weight excluding hydrogens is 470 g/mol. The first-order valence-corrected chi connectivity index (χ1v) is 12.9. The lowest BCUT2D eigenvalue weighted by Crippen LogP contribution is -2.36. The standard InChI is InChI=1S/C27H33N7O3/c1-2-9-34(10-11-35)25(36)18-12-17-3-4-22(32-24(17)33-23(28)14-18)27(6-7-27)26(37)31-20-13-19-15-29-8-5-21(19)30-16-20/h3-4,12-13,16,29,35H,2,5-11,14-15H2,1H3,(H,31,37)(H2,28,32,33). The SMILES string of the molecule is CCCN(CCO)C(=O)C1=Cc2ccc(C3(C(=O)Nc4cnc5c(c4)CNCC5)CC3)nc2N=C(N)C1. The van der Waals surface area contributed by atoms with E-state index in [9.17, 15) is 14.7 Å². The zero-order valence-corrected chi connectivity index (χ0v) is 21.1. The molecule has 10 heteroatoms. The van der Waals surface area contributed by atoms with E-state index in [1.807, 2.05) is 25.1 Å². The van der Waals surface area contributed by atoms with Crippen molar-refractivity contribution in [1.29, 1.82) is 0 Å². The molecule has 1 fully saturated rings. The Morgan fingerprint density at radius 2 is 2.11 bits per heavy atom. The molecular formula is C27H33N7O3. The number of pyridine rings is 2. The van der Waals surface area contributed by atoms with Crippen molar-refractivity contribution in [1.82, 2.24) is 20.2 Å². The van der Waals surface area contributed by atoms with Crippen molar-refractivity contribution in [2.45, 2.75) is 51.0 Å². The third-order valence-corrected chi connectivity index (χ3v) is 7.13. The van der Waals surface area contributed by atoms with Gasteiger partial charge in [-0.15, -0.1) is 0 Å². The molecule has 0 saturated heterocycles. The number of hydrogen-bond donors (Lipinski definition) is 4. The minimum Gasteiger partial charge on any atom is -0.395 e. The number of rotatable bonds is 8. The molecule has 37 heavy (non-hydrogen) atoms. The van der Waals surface area contributed by atoms with E-state index in [-0.39, 0.29) is 37.2 Å². The monoisotopic (exact) mass is 503 g/mol. The number of nitrogens with two attached hydrogens (primary N) is 1. The van der Waals surface area contributed by atoms with Crippen LogP contribution in [0.5, 0.6) is 0 Å². The van der Waals surface area contributed by atoms with Crippen molar-refractivity contribution in [2.75, 3.05) is 31.6 Å². The van der Waals surface area contributed by atoms with E-state index in [1.54, 1.807) is 17.2 Å². The van der Waals surface area contributed by atoms with Gasteiger partial charge in [0.05, 0.1) is 29.6 Å². The maximum atomic E-state index is 13.4. The van der Waals surface area contributed by atoms with Gasteiger partial charge in [0.2, 0.25) is 11.8 Å². The van der Waals surface area contributed by atoms with Crippen molar-refractivity contribution in [3.05, 3.63) is 52.5 Å². The van der Waals surface area contributed by atoms with Crippen molar-refractivity contribution in [3.63, 3.8) is 0 Å².